The van der Waals surface area contributed by atoms with Crippen molar-refractivity contribution in [2.45, 2.75) is 18.9 Å². The number of furan rings is 1. The molecule has 4 aromatic heterocycles. The van der Waals surface area contributed by atoms with Gasteiger partial charge in [-0.3, -0.25) is 9.97 Å². The van der Waals surface area contributed by atoms with Gasteiger partial charge in [-0.1, -0.05) is 72.8 Å². The molecule has 7 aromatic rings. The lowest BCUT2D eigenvalue weighted by molar-refractivity contribution is 0.602. The van der Waals surface area contributed by atoms with Gasteiger partial charge in [0.2, 0.25) is 0 Å². The average Bonchev–Trinajstić information content (AvgIpc) is 3.59. The molecule has 204 valence electrons. The molecule has 5 nitrogen and oxygen atoms in total. The number of benzene rings is 3. The fourth-order valence-corrected chi connectivity index (χ4v) is 7.04. The van der Waals surface area contributed by atoms with E-state index in [9.17, 15) is 0 Å². The number of rotatable bonds is 3. The minimum atomic E-state index is -0.350. The Morgan fingerprint density at radius 1 is 0.721 bits per heavy atom. The smallest absolute Gasteiger partial charge is 0.160 e. The lowest BCUT2D eigenvalue weighted by Crippen LogP contribution is -2.40. The van der Waals surface area contributed by atoms with E-state index in [-0.39, 0.29) is 5.54 Å². The van der Waals surface area contributed by atoms with Crippen molar-refractivity contribution in [3.63, 3.8) is 0 Å². The van der Waals surface area contributed by atoms with E-state index in [0.717, 1.165) is 62.5 Å². The average molecular weight is 555 g/mol. The monoisotopic (exact) mass is 554 g/mol. The van der Waals surface area contributed by atoms with Crippen LogP contribution in [0.5, 0.6) is 0 Å². The summed E-state index contributed by atoms with van der Waals surface area (Å²) in [6.07, 6.45) is 11.2. The van der Waals surface area contributed by atoms with E-state index in [0.29, 0.717) is 0 Å². The zero-order valence-corrected chi connectivity index (χ0v) is 23.5. The van der Waals surface area contributed by atoms with Crippen LogP contribution in [0.3, 0.4) is 0 Å². The molecule has 0 fully saturated rings. The van der Waals surface area contributed by atoms with Crippen molar-refractivity contribution in [3.05, 3.63) is 133 Å². The molecular formula is C38H26N4O. The highest BCUT2D eigenvalue weighted by atomic mass is 16.3. The Hall–Kier alpha value is -5.55. The number of allylic oxidation sites excluding steroid dienone is 2. The zero-order valence-electron chi connectivity index (χ0n) is 23.5. The quantitative estimate of drug-likeness (QED) is 0.218. The van der Waals surface area contributed by atoms with E-state index in [2.05, 4.69) is 94.6 Å². The lowest BCUT2D eigenvalue weighted by atomic mass is 9.82. The first kappa shape index (κ1) is 24.1. The third-order valence-corrected chi connectivity index (χ3v) is 8.92. The van der Waals surface area contributed by atoms with Crippen molar-refractivity contribution in [1.82, 2.24) is 15.0 Å². The highest BCUT2D eigenvalue weighted by Crippen LogP contribution is 2.59. The predicted molar refractivity (Wildman–Crippen MR) is 174 cm³/mol. The van der Waals surface area contributed by atoms with E-state index < -0.39 is 0 Å². The number of para-hydroxylation sites is 1. The summed E-state index contributed by atoms with van der Waals surface area (Å²) in [5.74, 6) is 0. The summed E-state index contributed by atoms with van der Waals surface area (Å²) in [7, 11) is 0. The van der Waals surface area contributed by atoms with Gasteiger partial charge >= 0.3 is 0 Å². The van der Waals surface area contributed by atoms with Crippen molar-refractivity contribution in [2.24, 2.45) is 0 Å². The van der Waals surface area contributed by atoms with Gasteiger partial charge in [0.05, 0.1) is 34.0 Å². The highest BCUT2D eigenvalue weighted by molar-refractivity contribution is 6.27. The van der Waals surface area contributed by atoms with E-state index in [1.807, 2.05) is 54.9 Å². The second-order valence-corrected chi connectivity index (χ2v) is 11.4. The first-order chi connectivity index (χ1) is 21.2. The summed E-state index contributed by atoms with van der Waals surface area (Å²) >= 11 is 0. The van der Waals surface area contributed by atoms with Crippen LogP contribution in [0.1, 0.15) is 18.9 Å². The molecule has 0 N–H and O–H groups in total. The molecule has 0 saturated carbocycles. The minimum Gasteiger partial charge on any atom is -0.454 e. The van der Waals surface area contributed by atoms with Gasteiger partial charge in [-0.15, -0.1) is 0 Å². The van der Waals surface area contributed by atoms with E-state index >= 15 is 0 Å². The fourth-order valence-electron chi connectivity index (χ4n) is 7.04. The number of aromatic nitrogens is 3. The van der Waals surface area contributed by atoms with Crippen LogP contribution in [0.4, 0.5) is 11.4 Å². The molecule has 1 aliphatic carbocycles. The van der Waals surface area contributed by atoms with Crippen molar-refractivity contribution in [2.75, 3.05) is 4.90 Å². The van der Waals surface area contributed by atoms with Crippen molar-refractivity contribution in [1.29, 1.82) is 0 Å². The lowest BCUT2D eigenvalue weighted by Gasteiger charge is -2.39. The number of nitrogens with zero attached hydrogens (tertiary/aromatic N) is 4. The SMILES string of the molecule is CC12CC=CC=C1c1c(c3oc4ccccc4c3c3ccccc13)N2c1cc(-c2ccccn2)nc(-c2ccccn2)c1. The van der Waals surface area contributed by atoms with Gasteiger partial charge in [-0.25, -0.2) is 4.98 Å². The van der Waals surface area contributed by atoms with E-state index in [1.54, 1.807) is 0 Å². The number of anilines is 2. The van der Waals surface area contributed by atoms with Crippen LogP contribution >= 0.6 is 0 Å². The van der Waals surface area contributed by atoms with Crippen LogP contribution in [0.2, 0.25) is 0 Å². The maximum Gasteiger partial charge on any atom is 0.160 e. The maximum atomic E-state index is 6.81. The largest absolute Gasteiger partial charge is 0.454 e. The molecule has 43 heavy (non-hydrogen) atoms. The van der Waals surface area contributed by atoms with Gasteiger partial charge < -0.3 is 9.32 Å². The normalized spacial score (nSPS) is 17.4. The van der Waals surface area contributed by atoms with Crippen LogP contribution in [-0.2, 0) is 0 Å². The molecule has 5 heterocycles. The molecular weight excluding hydrogens is 528 g/mol. The molecule has 3 aromatic carbocycles. The summed E-state index contributed by atoms with van der Waals surface area (Å²) < 4.78 is 6.81. The summed E-state index contributed by atoms with van der Waals surface area (Å²) in [4.78, 5) is 16.9. The van der Waals surface area contributed by atoms with Crippen LogP contribution in [0.15, 0.2) is 132 Å². The molecule has 1 unspecified atom stereocenters. The number of hydrogen-bond acceptors (Lipinski definition) is 5. The Bertz CT molecular complexity index is 2230. The topological polar surface area (TPSA) is 55.1 Å². The molecule has 0 spiro atoms. The zero-order chi connectivity index (χ0) is 28.5. The first-order valence-corrected chi connectivity index (χ1v) is 14.6. The molecule has 1 aliphatic heterocycles. The number of fused-ring (bicyclic) bond motifs is 10. The standard InChI is InChI=1S/C38H26N4O/c1-38-19-9-6-15-28(38)35-26-13-3-2-12-25(26)34-27-14-4-5-18-33(27)43-37(34)36(35)42(38)24-22-31(29-16-7-10-20-39-29)41-32(23-24)30-17-8-11-21-40-30/h2-18,20-23H,19H2,1H3. The summed E-state index contributed by atoms with van der Waals surface area (Å²) in [5.41, 5.74) is 9.31. The molecule has 9 rings (SSSR count). The van der Waals surface area contributed by atoms with Gasteiger partial charge in [0.1, 0.15) is 5.58 Å². The maximum absolute atomic E-state index is 6.81. The predicted octanol–water partition coefficient (Wildman–Crippen LogP) is 9.51. The Kier molecular flexibility index (Phi) is 5.03. The van der Waals surface area contributed by atoms with E-state index in [1.165, 1.54) is 21.9 Å². The first-order valence-electron chi connectivity index (χ1n) is 14.6. The van der Waals surface area contributed by atoms with Gasteiger partial charge in [0.15, 0.2) is 5.58 Å². The Balaban J connectivity index is 1.42. The summed E-state index contributed by atoms with van der Waals surface area (Å²) in [6, 6.07) is 33.3. The second-order valence-electron chi connectivity index (χ2n) is 11.4. The van der Waals surface area contributed by atoms with Gasteiger partial charge in [0, 0.05) is 34.4 Å². The van der Waals surface area contributed by atoms with Gasteiger partial charge in [0.25, 0.3) is 0 Å². The number of pyridine rings is 3. The molecule has 0 saturated heterocycles. The van der Waals surface area contributed by atoms with Crippen molar-refractivity contribution in [3.8, 4) is 22.8 Å². The van der Waals surface area contributed by atoms with E-state index in [4.69, 9.17) is 9.40 Å². The summed E-state index contributed by atoms with van der Waals surface area (Å²) in [6.45, 7) is 2.34. The molecule has 0 amide bonds. The third kappa shape index (κ3) is 3.42. The molecule has 1 atom stereocenters. The van der Waals surface area contributed by atoms with Crippen LogP contribution in [-0.4, -0.2) is 20.5 Å². The Labute approximate surface area is 248 Å². The third-order valence-electron chi connectivity index (χ3n) is 8.92. The van der Waals surface area contributed by atoms with Crippen molar-refractivity contribution >= 4 is 49.7 Å². The van der Waals surface area contributed by atoms with Crippen LogP contribution < -0.4 is 4.90 Å². The highest BCUT2D eigenvalue weighted by Gasteiger charge is 2.48. The Morgan fingerprint density at radius 3 is 2.07 bits per heavy atom. The van der Waals surface area contributed by atoms with Crippen LogP contribution in [0.25, 0.3) is 61.1 Å². The fraction of sp³-hybridized carbons (Fsp3) is 0.0789. The molecule has 2 aliphatic rings. The van der Waals surface area contributed by atoms with Crippen LogP contribution in [0, 0.1) is 0 Å². The number of hydrogen-bond donors (Lipinski definition) is 0. The second kappa shape index (κ2) is 8.97. The minimum absolute atomic E-state index is 0.350. The molecule has 5 heteroatoms. The van der Waals surface area contributed by atoms with Crippen molar-refractivity contribution < 1.29 is 4.42 Å². The molecule has 0 bridgehead atoms. The Morgan fingerprint density at radius 2 is 1.37 bits per heavy atom. The summed E-state index contributed by atoms with van der Waals surface area (Å²) in [5, 5.41) is 4.71. The van der Waals surface area contributed by atoms with Gasteiger partial charge in [-0.05, 0) is 72.2 Å². The van der Waals surface area contributed by atoms with Gasteiger partial charge in [-0.2, -0.15) is 0 Å². The molecule has 0 radical (unpaired) electrons.